The predicted molar refractivity (Wildman–Crippen MR) is 91.3 cm³/mol. The molecule has 0 N–H and O–H groups in total. The molecular formula is C17H7Cl2F5N2O. The second kappa shape index (κ2) is 6.94. The fourth-order valence-electron chi connectivity index (χ4n) is 2.40. The minimum atomic E-state index is -2.33. The molecule has 0 saturated heterocycles. The molecule has 1 heterocycles. The number of nitrogens with zero attached hydrogens (tertiary/aromatic N) is 2. The largest absolute Gasteiger partial charge is 0.280 e. The highest BCUT2D eigenvalue weighted by Crippen LogP contribution is 2.35. The van der Waals surface area contributed by atoms with Crippen molar-refractivity contribution in [3.63, 3.8) is 0 Å². The van der Waals surface area contributed by atoms with Crippen molar-refractivity contribution in [3.05, 3.63) is 68.5 Å². The third-order valence-electron chi connectivity index (χ3n) is 3.74. The van der Waals surface area contributed by atoms with Gasteiger partial charge in [0.15, 0.2) is 23.3 Å². The Morgan fingerprint density at radius 3 is 2.11 bits per heavy atom. The molecule has 27 heavy (non-hydrogen) atoms. The van der Waals surface area contributed by atoms with E-state index in [4.69, 9.17) is 23.2 Å². The zero-order valence-electron chi connectivity index (χ0n) is 13.3. The lowest BCUT2D eigenvalue weighted by Crippen LogP contribution is -2.25. The SMILES string of the molecule is CC1=NN(c2c(F)c(F)c(F)c(F)c2F)C(=O)/C1=C\c1cccc(Cl)c1Cl. The predicted octanol–water partition coefficient (Wildman–Crippen LogP) is 5.50. The molecular weight excluding hydrogens is 414 g/mol. The van der Waals surface area contributed by atoms with Crippen LogP contribution in [-0.2, 0) is 4.79 Å². The van der Waals surface area contributed by atoms with E-state index in [9.17, 15) is 26.7 Å². The van der Waals surface area contributed by atoms with Crippen molar-refractivity contribution in [2.45, 2.75) is 6.92 Å². The smallest absolute Gasteiger partial charge is 0.267 e. The highest BCUT2D eigenvalue weighted by molar-refractivity contribution is 6.43. The summed E-state index contributed by atoms with van der Waals surface area (Å²) in [5.41, 5.74) is -1.32. The molecule has 10 heteroatoms. The van der Waals surface area contributed by atoms with Crippen molar-refractivity contribution in [2.75, 3.05) is 5.01 Å². The minimum Gasteiger partial charge on any atom is -0.267 e. The van der Waals surface area contributed by atoms with E-state index in [-0.39, 0.29) is 26.3 Å². The van der Waals surface area contributed by atoms with Crippen molar-refractivity contribution in [3.8, 4) is 0 Å². The molecule has 3 nitrogen and oxygen atoms in total. The van der Waals surface area contributed by atoms with E-state index < -0.39 is 40.7 Å². The summed E-state index contributed by atoms with van der Waals surface area (Å²) < 4.78 is 68.0. The number of carbonyl (C=O) groups is 1. The molecule has 2 aromatic rings. The number of rotatable bonds is 2. The highest BCUT2D eigenvalue weighted by Gasteiger charge is 2.37. The average Bonchev–Trinajstić information content (AvgIpc) is 2.90. The summed E-state index contributed by atoms with van der Waals surface area (Å²) >= 11 is 11.9. The Bertz CT molecular complexity index is 1020. The summed E-state index contributed by atoms with van der Waals surface area (Å²) in [5, 5.41) is 4.05. The van der Waals surface area contributed by atoms with Gasteiger partial charge in [-0.15, -0.1) is 0 Å². The van der Waals surface area contributed by atoms with E-state index in [0.717, 1.165) is 0 Å². The fourth-order valence-corrected chi connectivity index (χ4v) is 2.76. The van der Waals surface area contributed by atoms with Crippen molar-refractivity contribution in [1.82, 2.24) is 0 Å². The molecule has 0 aromatic heterocycles. The first kappa shape index (κ1) is 19.3. The summed E-state index contributed by atoms with van der Waals surface area (Å²) in [6, 6.07) is 4.57. The van der Waals surface area contributed by atoms with Crippen LogP contribution in [0.25, 0.3) is 6.08 Å². The monoisotopic (exact) mass is 420 g/mol. The van der Waals surface area contributed by atoms with E-state index in [1.165, 1.54) is 25.1 Å². The van der Waals surface area contributed by atoms with Gasteiger partial charge in [0.1, 0.15) is 5.69 Å². The number of anilines is 1. The van der Waals surface area contributed by atoms with Gasteiger partial charge in [-0.25, -0.2) is 22.0 Å². The maximum absolute atomic E-state index is 14.0. The normalized spacial score (nSPS) is 15.7. The standard InChI is InChI=1S/C17H7Cl2F5N2O/c1-6-8(5-7-3-2-4-9(18)10(7)19)17(27)26(25-6)16-14(23)12(21)11(20)13(22)15(16)24/h2-5H,1H3/b8-5-. The summed E-state index contributed by atoms with van der Waals surface area (Å²) in [6.07, 6.45) is 1.25. The van der Waals surface area contributed by atoms with Gasteiger partial charge >= 0.3 is 0 Å². The topological polar surface area (TPSA) is 32.7 Å². The Kier molecular flexibility index (Phi) is 4.96. The quantitative estimate of drug-likeness (QED) is 0.273. The van der Waals surface area contributed by atoms with Gasteiger partial charge in [0.2, 0.25) is 5.82 Å². The molecule has 1 aliphatic heterocycles. The molecule has 2 aromatic carbocycles. The first-order valence-corrected chi connectivity index (χ1v) is 7.98. The van der Waals surface area contributed by atoms with Gasteiger partial charge in [-0.05, 0) is 24.6 Å². The van der Waals surface area contributed by atoms with E-state index in [1.807, 2.05) is 0 Å². The Morgan fingerprint density at radius 1 is 0.963 bits per heavy atom. The van der Waals surface area contributed by atoms with Crippen LogP contribution in [0.5, 0.6) is 0 Å². The Morgan fingerprint density at radius 2 is 1.52 bits per heavy atom. The number of amides is 1. The first-order chi connectivity index (χ1) is 12.6. The number of benzene rings is 2. The molecule has 0 radical (unpaired) electrons. The van der Waals surface area contributed by atoms with Gasteiger partial charge in [-0.1, -0.05) is 35.3 Å². The van der Waals surface area contributed by atoms with Crippen LogP contribution in [0.3, 0.4) is 0 Å². The second-order valence-electron chi connectivity index (χ2n) is 5.42. The van der Waals surface area contributed by atoms with Gasteiger partial charge in [0.05, 0.1) is 21.3 Å². The van der Waals surface area contributed by atoms with E-state index in [0.29, 0.717) is 5.56 Å². The van der Waals surface area contributed by atoms with Crippen molar-refractivity contribution >= 4 is 46.6 Å². The van der Waals surface area contributed by atoms with Gasteiger partial charge in [0.25, 0.3) is 5.91 Å². The number of hydrazone groups is 1. The van der Waals surface area contributed by atoms with Gasteiger partial charge in [-0.2, -0.15) is 10.1 Å². The molecule has 0 atom stereocenters. The van der Waals surface area contributed by atoms with Crippen LogP contribution < -0.4 is 5.01 Å². The number of hydrogen-bond donors (Lipinski definition) is 0. The van der Waals surface area contributed by atoms with Crippen LogP contribution >= 0.6 is 23.2 Å². The second-order valence-corrected chi connectivity index (χ2v) is 6.21. The lowest BCUT2D eigenvalue weighted by molar-refractivity contribution is -0.114. The molecule has 0 saturated carbocycles. The molecule has 1 aliphatic rings. The van der Waals surface area contributed by atoms with Crippen LogP contribution in [-0.4, -0.2) is 11.6 Å². The van der Waals surface area contributed by atoms with Crippen LogP contribution in [0, 0.1) is 29.1 Å². The number of carbonyl (C=O) groups excluding carboxylic acids is 1. The van der Waals surface area contributed by atoms with Gasteiger partial charge in [0, 0.05) is 0 Å². The summed E-state index contributed by atoms with van der Waals surface area (Å²) in [4.78, 5) is 12.5. The lowest BCUT2D eigenvalue weighted by atomic mass is 10.1. The fraction of sp³-hybridized carbons (Fsp3) is 0.0588. The third-order valence-corrected chi connectivity index (χ3v) is 4.58. The summed E-state index contributed by atoms with van der Waals surface area (Å²) in [5.74, 6) is -12.1. The summed E-state index contributed by atoms with van der Waals surface area (Å²) in [7, 11) is 0. The molecule has 0 spiro atoms. The van der Waals surface area contributed by atoms with E-state index >= 15 is 0 Å². The van der Waals surface area contributed by atoms with Crippen LogP contribution in [0.1, 0.15) is 12.5 Å². The van der Waals surface area contributed by atoms with Crippen molar-refractivity contribution < 1.29 is 26.7 Å². The van der Waals surface area contributed by atoms with E-state index in [2.05, 4.69) is 5.10 Å². The molecule has 0 fully saturated rings. The molecule has 140 valence electrons. The highest BCUT2D eigenvalue weighted by atomic mass is 35.5. The molecule has 0 aliphatic carbocycles. The number of hydrogen-bond acceptors (Lipinski definition) is 2. The summed E-state index contributed by atoms with van der Waals surface area (Å²) in [6.45, 7) is 1.33. The maximum Gasteiger partial charge on any atom is 0.280 e. The molecule has 1 amide bonds. The van der Waals surface area contributed by atoms with Gasteiger partial charge < -0.3 is 0 Å². The van der Waals surface area contributed by atoms with Crippen LogP contribution in [0.4, 0.5) is 27.6 Å². The Labute approximate surface area is 159 Å². The maximum atomic E-state index is 14.0. The van der Waals surface area contributed by atoms with Crippen molar-refractivity contribution in [1.29, 1.82) is 0 Å². The van der Waals surface area contributed by atoms with Crippen LogP contribution in [0.2, 0.25) is 10.0 Å². The lowest BCUT2D eigenvalue weighted by Gasteiger charge is -2.15. The molecule has 3 rings (SSSR count). The Balaban J connectivity index is 2.12. The molecule has 0 unspecified atom stereocenters. The zero-order valence-corrected chi connectivity index (χ0v) is 14.8. The van der Waals surface area contributed by atoms with E-state index in [1.54, 1.807) is 6.07 Å². The number of halogens is 7. The Hall–Kier alpha value is -2.45. The van der Waals surface area contributed by atoms with Crippen LogP contribution in [0.15, 0.2) is 28.9 Å². The molecule has 0 bridgehead atoms. The first-order valence-electron chi connectivity index (χ1n) is 7.22. The average molecular weight is 421 g/mol. The minimum absolute atomic E-state index is 0.0139. The van der Waals surface area contributed by atoms with Crippen molar-refractivity contribution in [2.24, 2.45) is 5.10 Å². The van der Waals surface area contributed by atoms with Gasteiger partial charge in [-0.3, -0.25) is 4.79 Å². The zero-order chi connectivity index (χ0) is 20.0. The third kappa shape index (κ3) is 3.08.